The number of carbonyl (C=O) groups is 1. The van der Waals surface area contributed by atoms with Gasteiger partial charge in [0.25, 0.3) is 5.91 Å². The largest absolute Gasteiger partial charge is 0.481 e. The van der Waals surface area contributed by atoms with Gasteiger partial charge in [-0.3, -0.25) is 4.79 Å². The minimum Gasteiger partial charge on any atom is -0.481 e. The number of halogens is 1. The maximum atomic E-state index is 12.1. The highest BCUT2D eigenvalue weighted by molar-refractivity contribution is 6.30. The fraction of sp³-hybridized carbons (Fsp3) is 0.533. The van der Waals surface area contributed by atoms with Crippen LogP contribution in [0.3, 0.4) is 0 Å². The number of aliphatic hydroxyl groups is 1. The van der Waals surface area contributed by atoms with Crippen LogP contribution in [0.1, 0.15) is 27.2 Å². The molecule has 3 atom stereocenters. The molecule has 0 bridgehead atoms. The maximum absolute atomic E-state index is 12.1. The normalized spacial score (nSPS) is 25.4. The average Bonchev–Trinajstić information content (AvgIpc) is 2.38. The standard InChI is InChI=1S/C15H20ClNO3/c1-9(20-11-6-4-5-10(16)7-11)14(19)17-12-8-13(18)15(12,2)3/h4-7,9,12-13,18H,8H2,1-3H3,(H,17,19). The maximum Gasteiger partial charge on any atom is 0.261 e. The molecule has 0 heterocycles. The molecule has 1 aliphatic carbocycles. The van der Waals surface area contributed by atoms with Crippen molar-refractivity contribution in [2.75, 3.05) is 0 Å². The Kier molecular flexibility index (Phi) is 4.25. The van der Waals surface area contributed by atoms with Crippen molar-refractivity contribution in [3.05, 3.63) is 29.3 Å². The van der Waals surface area contributed by atoms with Crippen molar-refractivity contribution in [1.29, 1.82) is 0 Å². The molecule has 0 spiro atoms. The van der Waals surface area contributed by atoms with Gasteiger partial charge >= 0.3 is 0 Å². The molecule has 2 rings (SSSR count). The summed E-state index contributed by atoms with van der Waals surface area (Å²) >= 11 is 5.87. The molecule has 20 heavy (non-hydrogen) atoms. The zero-order chi connectivity index (χ0) is 14.9. The summed E-state index contributed by atoms with van der Waals surface area (Å²) in [5.74, 6) is 0.378. The zero-order valence-electron chi connectivity index (χ0n) is 11.9. The quantitative estimate of drug-likeness (QED) is 0.897. The summed E-state index contributed by atoms with van der Waals surface area (Å²) in [4.78, 5) is 12.1. The lowest BCUT2D eigenvalue weighted by atomic mass is 9.64. The number of amides is 1. The molecule has 2 N–H and O–H groups in total. The molecule has 4 nitrogen and oxygen atoms in total. The number of aliphatic hydroxyl groups excluding tert-OH is 1. The van der Waals surface area contributed by atoms with Crippen molar-refractivity contribution in [2.24, 2.45) is 5.41 Å². The second-order valence-corrected chi connectivity index (χ2v) is 6.29. The van der Waals surface area contributed by atoms with Crippen LogP contribution in [-0.4, -0.2) is 29.3 Å². The van der Waals surface area contributed by atoms with Crippen LogP contribution < -0.4 is 10.1 Å². The number of carbonyl (C=O) groups excluding carboxylic acids is 1. The Bertz CT molecular complexity index is 504. The third-order valence-corrected chi connectivity index (χ3v) is 4.25. The van der Waals surface area contributed by atoms with Crippen LogP contribution in [0, 0.1) is 5.41 Å². The van der Waals surface area contributed by atoms with Crippen LogP contribution in [0.25, 0.3) is 0 Å². The summed E-state index contributed by atoms with van der Waals surface area (Å²) in [5, 5.41) is 13.1. The van der Waals surface area contributed by atoms with Crippen molar-refractivity contribution >= 4 is 17.5 Å². The number of rotatable bonds is 4. The third-order valence-electron chi connectivity index (χ3n) is 4.01. The first-order valence-electron chi connectivity index (χ1n) is 6.71. The van der Waals surface area contributed by atoms with Crippen molar-refractivity contribution in [3.8, 4) is 5.75 Å². The Morgan fingerprint density at radius 3 is 2.80 bits per heavy atom. The predicted molar refractivity (Wildman–Crippen MR) is 77.9 cm³/mol. The second-order valence-electron chi connectivity index (χ2n) is 5.85. The van der Waals surface area contributed by atoms with Crippen LogP contribution >= 0.6 is 11.6 Å². The topological polar surface area (TPSA) is 58.6 Å². The summed E-state index contributed by atoms with van der Waals surface area (Å²) in [6, 6.07) is 6.93. The Morgan fingerprint density at radius 2 is 2.25 bits per heavy atom. The lowest BCUT2D eigenvalue weighted by Crippen LogP contribution is -2.62. The molecule has 1 fully saturated rings. The highest BCUT2D eigenvalue weighted by atomic mass is 35.5. The van der Waals surface area contributed by atoms with E-state index in [1.54, 1.807) is 31.2 Å². The summed E-state index contributed by atoms with van der Waals surface area (Å²) in [6.45, 7) is 5.57. The van der Waals surface area contributed by atoms with Gasteiger partial charge in [-0.15, -0.1) is 0 Å². The lowest BCUT2D eigenvalue weighted by molar-refractivity contribution is -0.135. The van der Waals surface area contributed by atoms with Crippen molar-refractivity contribution in [1.82, 2.24) is 5.32 Å². The Balaban J connectivity index is 1.90. The number of nitrogens with one attached hydrogen (secondary N) is 1. The van der Waals surface area contributed by atoms with Gasteiger partial charge < -0.3 is 15.2 Å². The molecule has 0 saturated heterocycles. The number of benzene rings is 1. The number of ether oxygens (including phenoxy) is 1. The van der Waals surface area contributed by atoms with E-state index < -0.39 is 6.10 Å². The number of hydrogen-bond acceptors (Lipinski definition) is 3. The molecule has 0 radical (unpaired) electrons. The van der Waals surface area contributed by atoms with Crippen molar-refractivity contribution in [2.45, 2.75) is 45.4 Å². The van der Waals surface area contributed by atoms with E-state index in [-0.39, 0.29) is 23.5 Å². The zero-order valence-corrected chi connectivity index (χ0v) is 12.6. The van der Waals surface area contributed by atoms with Crippen molar-refractivity contribution < 1.29 is 14.6 Å². The summed E-state index contributed by atoms with van der Waals surface area (Å²) in [6.07, 6.45) is -0.387. The van der Waals surface area contributed by atoms with Gasteiger partial charge in [-0.1, -0.05) is 31.5 Å². The fourth-order valence-corrected chi connectivity index (χ4v) is 2.41. The molecular formula is C15H20ClNO3. The minimum atomic E-state index is -0.609. The Hall–Kier alpha value is -1.26. The van der Waals surface area contributed by atoms with Gasteiger partial charge in [0.1, 0.15) is 5.75 Å². The average molecular weight is 298 g/mol. The summed E-state index contributed by atoms with van der Waals surface area (Å²) < 4.78 is 5.56. The van der Waals surface area contributed by atoms with Gasteiger partial charge in [0, 0.05) is 16.5 Å². The van der Waals surface area contributed by atoms with E-state index in [0.717, 1.165) is 0 Å². The lowest BCUT2D eigenvalue weighted by Gasteiger charge is -2.49. The monoisotopic (exact) mass is 297 g/mol. The van der Waals surface area contributed by atoms with E-state index in [0.29, 0.717) is 17.2 Å². The minimum absolute atomic E-state index is 0.0181. The Morgan fingerprint density at radius 1 is 1.55 bits per heavy atom. The van der Waals surface area contributed by atoms with Gasteiger partial charge in [0.2, 0.25) is 0 Å². The van der Waals surface area contributed by atoms with Crippen LogP contribution in [0.2, 0.25) is 5.02 Å². The molecule has 1 amide bonds. The molecule has 3 unspecified atom stereocenters. The summed E-state index contributed by atoms with van der Waals surface area (Å²) in [7, 11) is 0. The van der Waals surface area contributed by atoms with Crippen LogP contribution in [0.15, 0.2) is 24.3 Å². The molecule has 110 valence electrons. The van der Waals surface area contributed by atoms with Gasteiger partial charge in [0.15, 0.2) is 6.10 Å². The molecule has 5 heteroatoms. The molecule has 1 aromatic rings. The molecule has 0 aliphatic heterocycles. The van der Waals surface area contributed by atoms with E-state index in [4.69, 9.17) is 16.3 Å². The summed E-state index contributed by atoms with van der Waals surface area (Å²) in [5.41, 5.74) is -0.286. The van der Waals surface area contributed by atoms with E-state index in [2.05, 4.69) is 5.32 Å². The molecule has 0 aromatic heterocycles. The van der Waals surface area contributed by atoms with Crippen LogP contribution in [0.4, 0.5) is 0 Å². The molecule has 1 aromatic carbocycles. The van der Waals surface area contributed by atoms with E-state index in [9.17, 15) is 9.90 Å². The first kappa shape index (κ1) is 15.1. The Labute approximate surface area is 124 Å². The van der Waals surface area contributed by atoms with E-state index in [1.165, 1.54) is 0 Å². The van der Waals surface area contributed by atoms with Gasteiger partial charge in [0.05, 0.1) is 6.10 Å². The number of hydrogen-bond donors (Lipinski definition) is 2. The smallest absolute Gasteiger partial charge is 0.261 e. The van der Waals surface area contributed by atoms with Gasteiger partial charge in [-0.2, -0.15) is 0 Å². The van der Waals surface area contributed by atoms with E-state index >= 15 is 0 Å². The fourth-order valence-electron chi connectivity index (χ4n) is 2.23. The second kappa shape index (κ2) is 5.62. The van der Waals surface area contributed by atoms with Gasteiger partial charge in [-0.25, -0.2) is 0 Å². The van der Waals surface area contributed by atoms with Gasteiger partial charge in [-0.05, 0) is 31.5 Å². The van der Waals surface area contributed by atoms with Crippen LogP contribution in [0.5, 0.6) is 5.75 Å². The van der Waals surface area contributed by atoms with E-state index in [1.807, 2.05) is 13.8 Å². The highest BCUT2D eigenvalue weighted by Crippen LogP contribution is 2.40. The molecule has 1 aliphatic rings. The predicted octanol–water partition coefficient (Wildman–Crippen LogP) is 2.38. The highest BCUT2D eigenvalue weighted by Gasteiger charge is 2.48. The SMILES string of the molecule is CC(Oc1cccc(Cl)c1)C(=O)NC1CC(O)C1(C)C. The molecular weight excluding hydrogens is 278 g/mol. The first-order chi connectivity index (χ1) is 9.30. The third kappa shape index (κ3) is 3.07. The van der Waals surface area contributed by atoms with Crippen LogP contribution in [-0.2, 0) is 4.79 Å². The molecule has 1 saturated carbocycles. The van der Waals surface area contributed by atoms with Crippen molar-refractivity contribution in [3.63, 3.8) is 0 Å². The first-order valence-corrected chi connectivity index (χ1v) is 7.09.